The predicted octanol–water partition coefficient (Wildman–Crippen LogP) is 9.06. The lowest BCUT2D eigenvalue weighted by molar-refractivity contribution is 0.0977. The maximum absolute atomic E-state index is 13.4. The number of ketones is 1. The van der Waals surface area contributed by atoms with E-state index < -0.39 is 0 Å². The molecule has 5 nitrogen and oxygen atoms in total. The molecule has 9 heteroatoms. The van der Waals surface area contributed by atoms with Crippen LogP contribution in [0.5, 0.6) is 0 Å². The van der Waals surface area contributed by atoms with Gasteiger partial charge in [-0.15, -0.1) is 0 Å². The molecule has 4 aromatic carbocycles. The molecule has 41 heavy (non-hydrogen) atoms. The number of urea groups is 1. The number of hydrogen-bond acceptors (Lipinski definition) is 3. The molecule has 210 valence electrons. The van der Waals surface area contributed by atoms with Crippen LogP contribution in [-0.2, 0) is 0 Å². The fourth-order valence-corrected chi connectivity index (χ4v) is 5.69. The SMILES string of the molecule is O=C(CC(c1ccc(Cl)cc1)c1ccc(Cl)cc1)c1ccc(N2CCN(C(=O)Nc3c(Cl)cccc3Cl)CC2)cc1. The summed E-state index contributed by atoms with van der Waals surface area (Å²) in [6.07, 6.45) is 0.311. The summed E-state index contributed by atoms with van der Waals surface area (Å²) in [5.74, 6) is -0.0808. The third-order valence-electron chi connectivity index (χ3n) is 7.25. The van der Waals surface area contributed by atoms with Crippen molar-refractivity contribution in [2.24, 2.45) is 0 Å². The van der Waals surface area contributed by atoms with Gasteiger partial charge in [-0.2, -0.15) is 0 Å². The van der Waals surface area contributed by atoms with Crippen molar-refractivity contribution in [3.05, 3.63) is 128 Å². The molecule has 1 fully saturated rings. The number of anilines is 2. The number of Topliss-reactive ketones (excluding diaryl/α,β-unsaturated/α-hetero) is 1. The van der Waals surface area contributed by atoms with E-state index in [1.807, 2.05) is 72.8 Å². The van der Waals surface area contributed by atoms with E-state index >= 15 is 0 Å². The standard InChI is InChI=1S/C32H27Cl4N3O2/c33-24-10-4-21(5-11-24)27(22-6-12-25(34)13-7-22)20-30(40)23-8-14-26(15-9-23)38-16-18-39(19-17-38)32(41)37-31-28(35)2-1-3-29(31)36/h1-15,27H,16-20H2,(H,37,41). The van der Waals surface area contributed by atoms with Crippen LogP contribution in [0.4, 0.5) is 16.2 Å². The number of nitrogens with one attached hydrogen (secondary N) is 1. The number of benzene rings is 4. The molecule has 5 rings (SSSR count). The summed E-state index contributed by atoms with van der Waals surface area (Å²) in [5, 5.41) is 4.91. The van der Waals surface area contributed by atoms with E-state index in [1.54, 1.807) is 23.1 Å². The lowest BCUT2D eigenvalue weighted by Gasteiger charge is -2.36. The highest BCUT2D eigenvalue weighted by Gasteiger charge is 2.24. The van der Waals surface area contributed by atoms with E-state index in [2.05, 4.69) is 10.2 Å². The first-order valence-electron chi connectivity index (χ1n) is 13.2. The molecule has 0 bridgehead atoms. The molecule has 1 saturated heterocycles. The zero-order valence-electron chi connectivity index (χ0n) is 22.0. The normalized spacial score (nSPS) is 13.4. The zero-order valence-corrected chi connectivity index (χ0v) is 25.0. The molecule has 1 aliphatic rings. The number of piperazine rings is 1. The van der Waals surface area contributed by atoms with Crippen LogP contribution in [0.1, 0.15) is 33.8 Å². The third-order valence-corrected chi connectivity index (χ3v) is 8.38. The first-order chi connectivity index (χ1) is 19.8. The van der Waals surface area contributed by atoms with Crippen LogP contribution in [0, 0.1) is 0 Å². The minimum atomic E-state index is -0.239. The number of halogens is 4. The quantitative estimate of drug-likeness (QED) is 0.208. The molecule has 0 aliphatic carbocycles. The van der Waals surface area contributed by atoms with Gasteiger partial charge in [-0.3, -0.25) is 4.79 Å². The molecule has 2 amide bonds. The van der Waals surface area contributed by atoms with Crippen LogP contribution in [-0.4, -0.2) is 42.9 Å². The van der Waals surface area contributed by atoms with Gasteiger partial charge < -0.3 is 15.1 Å². The Morgan fingerprint density at radius 1 is 0.683 bits per heavy atom. The molecule has 0 aromatic heterocycles. The van der Waals surface area contributed by atoms with Crippen LogP contribution >= 0.6 is 46.4 Å². The lowest BCUT2D eigenvalue weighted by atomic mass is 9.86. The number of amides is 2. The minimum absolute atomic E-state index is 0.0474. The zero-order chi connectivity index (χ0) is 28.9. The Hall–Kier alpha value is -3.22. The summed E-state index contributed by atoms with van der Waals surface area (Å²) >= 11 is 24.6. The number of carbonyl (C=O) groups excluding carboxylic acids is 2. The van der Waals surface area contributed by atoms with Crippen molar-refractivity contribution in [2.45, 2.75) is 12.3 Å². The van der Waals surface area contributed by atoms with Crippen molar-refractivity contribution in [3.63, 3.8) is 0 Å². The molecule has 1 N–H and O–H groups in total. The fourth-order valence-electron chi connectivity index (χ4n) is 4.95. The van der Waals surface area contributed by atoms with Crippen LogP contribution in [0.3, 0.4) is 0 Å². The maximum Gasteiger partial charge on any atom is 0.322 e. The van der Waals surface area contributed by atoms with Gasteiger partial charge in [-0.25, -0.2) is 4.79 Å². The van der Waals surface area contributed by atoms with Gasteiger partial charge in [0.25, 0.3) is 0 Å². The molecule has 1 aliphatic heterocycles. The van der Waals surface area contributed by atoms with Crippen molar-refractivity contribution < 1.29 is 9.59 Å². The van der Waals surface area contributed by atoms with E-state index in [9.17, 15) is 9.59 Å². The van der Waals surface area contributed by atoms with Crippen molar-refractivity contribution in [1.29, 1.82) is 0 Å². The Labute approximate surface area is 259 Å². The number of para-hydroxylation sites is 1. The van der Waals surface area contributed by atoms with Gasteiger partial charge in [0.1, 0.15) is 0 Å². The van der Waals surface area contributed by atoms with Crippen LogP contribution in [0.25, 0.3) is 0 Å². The van der Waals surface area contributed by atoms with Crippen molar-refractivity contribution in [1.82, 2.24) is 4.90 Å². The largest absolute Gasteiger partial charge is 0.368 e. The maximum atomic E-state index is 13.4. The fraction of sp³-hybridized carbons (Fsp3) is 0.188. The van der Waals surface area contributed by atoms with Gasteiger partial charge in [0.15, 0.2) is 5.78 Å². The third kappa shape index (κ3) is 7.17. The topological polar surface area (TPSA) is 52.7 Å². The average molecular weight is 627 g/mol. The Kier molecular flexibility index (Phi) is 9.41. The second-order valence-electron chi connectivity index (χ2n) is 9.83. The van der Waals surface area contributed by atoms with Crippen molar-refractivity contribution in [3.8, 4) is 0 Å². The second-order valence-corrected chi connectivity index (χ2v) is 11.5. The summed E-state index contributed by atoms with van der Waals surface area (Å²) in [7, 11) is 0. The number of rotatable bonds is 7. The molecule has 0 radical (unpaired) electrons. The molecule has 0 saturated carbocycles. The molecule has 1 heterocycles. The summed E-state index contributed by atoms with van der Waals surface area (Å²) in [4.78, 5) is 30.1. The molecule has 0 spiro atoms. The van der Waals surface area contributed by atoms with Gasteiger partial charge in [-0.1, -0.05) is 76.7 Å². The predicted molar refractivity (Wildman–Crippen MR) is 169 cm³/mol. The van der Waals surface area contributed by atoms with Gasteiger partial charge >= 0.3 is 6.03 Å². The van der Waals surface area contributed by atoms with E-state index in [0.717, 1.165) is 16.8 Å². The van der Waals surface area contributed by atoms with E-state index in [4.69, 9.17) is 46.4 Å². The summed E-state index contributed by atoms with van der Waals surface area (Å²) < 4.78 is 0. The Morgan fingerprint density at radius 2 is 1.20 bits per heavy atom. The minimum Gasteiger partial charge on any atom is -0.368 e. The van der Waals surface area contributed by atoms with Crippen molar-refractivity contribution in [2.75, 3.05) is 36.4 Å². The molecular weight excluding hydrogens is 600 g/mol. The Bertz CT molecular complexity index is 1450. The second kappa shape index (κ2) is 13.2. The van der Waals surface area contributed by atoms with Gasteiger partial charge in [0.2, 0.25) is 0 Å². The van der Waals surface area contributed by atoms with Crippen molar-refractivity contribution >= 4 is 69.6 Å². The van der Waals surface area contributed by atoms with Gasteiger partial charge in [0, 0.05) is 59.8 Å². The molecular formula is C32H27Cl4N3O2. The Balaban J connectivity index is 1.22. The highest BCUT2D eigenvalue weighted by molar-refractivity contribution is 6.39. The monoisotopic (exact) mass is 625 g/mol. The molecule has 0 unspecified atom stereocenters. The highest BCUT2D eigenvalue weighted by atomic mass is 35.5. The summed E-state index contributed by atoms with van der Waals surface area (Å²) in [6, 6.07) is 27.7. The lowest BCUT2D eigenvalue weighted by Crippen LogP contribution is -2.50. The summed E-state index contributed by atoms with van der Waals surface area (Å²) in [5.41, 5.74) is 4.10. The van der Waals surface area contributed by atoms with Crippen LogP contribution in [0.15, 0.2) is 91.0 Å². The van der Waals surface area contributed by atoms with Crippen LogP contribution in [0.2, 0.25) is 20.1 Å². The first-order valence-corrected chi connectivity index (χ1v) is 14.7. The first kappa shape index (κ1) is 29.3. The van der Waals surface area contributed by atoms with Gasteiger partial charge in [0.05, 0.1) is 15.7 Å². The van der Waals surface area contributed by atoms with E-state index in [0.29, 0.717) is 63.9 Å². The summed E-state index contributed by atoms with van der Waals surface area (Å²) in [6.45, 7) is 2.40. The van der Waals surface area contributed by atoms with E-state index in [-0.39, 0.29) is 17.7 Å². The number of hydrogen-bond donors (Lipinski definition) is 1. The Morgan fingerprint density at radius 3 is 1.71 bits per heavy atom. The number of nitrogens with zero attached hydrogens (tertiary/aromatic N) is 2. The number of carbonyl (C=O) groups is 2. The smallest absolute Gasteiger partial charge is 0.322 e. The highest BCUT2D eigenvalue weighted by Crippen LogP contribution is 2.32. The molecule has 0 atom stereocenters. The van der Waals surface area contributed by atoms with Gasteiger partial charge in [-0.05, 0) is 71.8 Å². The van der Waals surface area contributed by atoms with Crippen LogP contribution < -0.4 is 10.2 Å². The van der Waals surface area contributed by atoms with E-state index in [1.165, 1.54) is 0 Å². The molecule has 4 aromatic rings. The average Bonchev–Trinajstić information content (AvgIpc) is 2.99.